The maximum Gasteiger partial charge on any atom is 0.221 e. The number of hydrogen-bond acceptors (Lipinski definition) is 4. The molecule has 0 unspecified atom stereocenters. The Labute approximate surface area is 110 Å². The topological polar surface area (TPSA) is 63.8 Å². The number of rotatable bonds is 2. The van der Waals surface area contributed by atoms with E-state index in [4.69, 9.17) is 5.73 Å². The van der Waals surface area contributed by atoms with Crippen LogP contribution in [0.25, 0.3) is 0 Å². The molecule has 0 atom stereocenters. The van der Waals surface area contributed by atoms with Crippen LogP contribution in [0.5, 0.6) is 0 Å². The zero-order valence-electron chi connectivity index (χ0n) is 8.11. The van der Waals surface area contributed by atoms with Crippen LogP contribution in [0.15, 0.2) is 39.4 Å². The molecule has 1 heterocycles. The van der Waals surface area contributed by atoms with Crippen LogP contribution in [-0.4, -0.2) is 9.97 Å². The summed E-state index contributed by atoms with van der Waals surface area (Å²) in [5.74, 6) is 0.897. The fourth-order valence-electron chi connectivity index (χ4n) is 1.19. The number of halogens is 2. The van der Waals surface area contributed by atoms with Crippen LogP contribution in [0.1, 0.15) is 0 Å². The molecule has 3 N–H and O–H groups in total. The molecule has 82 valence electrons. The van der Waals surface area contributed by atoms with E-state index in [1.54, 1.807) is 12.3 Å². The molecule has 0 bridgehead atoms. The third-order valence-electron chi connectivity index (χ3n) is 1.89. The van der Waals surface area contributed by atoms with Gasteiger partial charge in [0.15, 0.2) is 0 Å². The average Bonchev–Trinajstić information content (AvgIpc) is 2.24. The molecule has 0 fully saturated rings. The molecule has 1 aromatic heterocycles. The van der Waals surface area contributed by atoms with Crippen molar-refractivity contribution in [1.29, 1.82) is 0 Å². The monoisotopic (exact) mass is 342 g/mol. The second kappa shape index (κ2) is 4.80. The molecule has 0 saturated heterocycles. The first kappa shape index (κ1) is 11.3. The van der Waals surface area contributed by atoms with E-state index >= 15 is 0 Å². The van der Waals surface area contributed by atoms with Gasteiger partial charge in [-0.25, -0.2) is 4.98 Å². The van der Waals surface area contributed by atoms with E-state index in [-0.39, 0.29) is 5.95 Å². The Kier molecular flexibility index (Phi) is 3.40. The minimum Gasteiger partial charge on any atom is -0.368 e. The maximum absolute atomic E-state index is 5.50. The van der Waals surface area contributed by atoms with Crippen molar-refractivity contribution < 1.29 is 0 Å². The summed E-state index contributed by atoms with van der Waals surface area (Å²) in [6.07, 6.45) is 1.61. The highest BCUT2D eigenvalue weighted by Crippen LogP contribution is 2.32. The van der Waals surface area contributed by atoms with Crippen LogP contribution >= 0.6 is 31.9 Å². The van der Waals surface area contributed by atoms with Crippen LogP contribution < -0.4 is 11.1 Å². The first-order valence-corrected chi connectivity index (χ1v) is 6.05. The Morgan fingerprint density at radius 2 is 1.81 bits per heavy atom. The lowest BCUT2D eigenvalue weighted by molar-refractivity contribution is 1.18. The van der Waals surface area contributed by atoms with Crippen molar-refractivity contribution in [2.24, 2.45) is 0 Å². The molecule has 1 aromatic carbocycles. The van der Waals surface area contributed by atoms with Gasteiger partial charge in [0.25, 0.3) is 0 Å². The second-order valence-electron chi connectivity index (χ2n) is 3.02. The van der Waals surface area contributed by atoms with Crippen molar-refractivity contribution in [3.05, 3.63) is 39.4 Å². The highest BCUT2D eigenvalue weighted by molar-refractivity contribution is 9.11. The van der Waals surface area contributed by atoms with E-state index in [1.807, 2.05) is 18.2 Å². The fraction of sp³-hybridized carbons (Fsp3) is 0. The lowest BCUT2D eigenvalue weighted by Gasteiger charge is -2.09. The Hall–Kier alpha value is -1.14. The zero-order valence-corrected chi connectivity index (χ0v) is 11.3. The molecule has 0 spiro atoms. The van der Waals surface area contributed by atoms with Crippen molar-refractivity contribution in [3.63, 3.8) is 0 Å². The van der Waals surface area contributed by atoms with Crippen LogP contribution in [-0.2, 0) is 0 Å². The number of hydrogen-bond donors (Lipinski definition) is 2. The van der Waals surface area contributed by atoms with Gasteiger partial charge in [0.1, 0.15) is 5.82 Å². The number of nitrogens with zero attached hydrogens (tertiary/aromatic N) is 2. The summed E-state index contributed by atoms with van der Waals surface area (Å²) in [7, 11) is 0. The van der Waals surface area contributed by atoms with Gasteiger partial charge in [0.05, 0.1) is 5.69 Å². The average molecular weight is 344 g/mol. The smallest absolute Gasteiger partial charge is 0.221 e. The maximum atomic E-state index is 5.50. The number of benzene rings is 1. The minimum absolute atomic E-state index is 0.244. The predicted octanol–water partition coefficient (Wildman–Crippen LogP) is 3.33. The van der Waals surface area contributed by atoms with E-state index in [1.165, 1.54) is 0 Å². The normalized spacial score (nSPS) is 10.1. The molecular formula is C10H8Br2N4. The van der Waals surface area contributed by atoms with Gasteiger partial charge in [-0.3, -0.25) is 0 Å². The van der Waals surface area contributed by atoms with E-state index in [0.717, 1.165) is 14.6 Å². The van der Waals surface area contributed by atoms with Gasteiger partial charge in [-0.2, -0.15) is 4.98 Å². The molecule has 2 rings (SSSR count). The molecule has 0 radical (unpaired) electrons. The number of nitrogen functional groups attached to an aromatic ring is 1. The molecule has 0 aliphatic heterocycles. The van der Waals surface area contributed by atoms with Crippen LogP contribution in [0.3, 0.4) is 0 Å². The molecule has 0 aliphatic carbocycles. The van der Waals surface area contributed by atoms with Crippen molar-refractivity contribution in [3.8, 4) is 0 Å². The van der Waals surface area contributed by atoms with Crippen molar-refractivity contribution in [2.45, 2.75) is 0 Å². The zero-order chi connectivity index (χ0) is 11.5. The number of nitrogens with two attached hydrogens (primary N) is 1. The van der Waals surface area contributed by atoms with Gasteiger partial charge < -0.3 is 11.1 Å². The highest BCUT2D eigenvalue weighted by atomic mass is 79.9. The van der Waals surface area contributed by atoms with Crippen LogP contribution in [0.2, 0.25) is 0 Å². The number of para-hydroxylation sites is 1. The largest absolute Gasteiger partial charge is 0.368 e. The quantitative estimate of drug-likeness (QED) is 0.877. The fourth-order valence-corrected chi connectivity index (χ4v) is 2.39. The standard InChI is InChI=1S/C10H8Br2N4/c11-6-2-1-3-7(12)9(6)15-8-4-5-14-10(13)16-8/h1-5H,(H3,13,14,15,16). The Morgan fingerprint density at radius 1 is 1.12 bits per heavy atom. The number of aromatic nitrogens is 2. The number of anilines is 3. The summed E-state index contributed by atoms with van der Waals surface area (Å²) in [5.41, 5.74) is 6.41. The molecule has 0 amide bonds. The summed E-state index contributed by atoms with van der Waals surface area (Å²) in [5, 5.41) is 3.16. The summed E-state index contributed by atoms with van der Waals surface area (Å²) in [4.78, 5) is 7.89. The van der Waals surface area contributed by atoms with E-state index in [2.05, 4.69) is 47.1 Å². The summed E-state index contributed by atoms with van der Waals surface area (Å²) in [6, 6.07) is 7.57. The third kappa shape index (κ3) is 2.51. The van der Waals surface area contributed by atoms with Crippen LogP contribution in [0.4, 0.5) is 17.5 Å². The van der Waals surface area contributed by atoms with Gasteiger partial charge >= 0.3 is 0 Å². The van der Waals surface area contributed by atoms with Gasteiger partial charge in [-0.1, -0.05) is 6.07 Å². The van der Waals surface area contributed by atoms with Crippen molar-refractivity contribution in [2.75, 3.05) is 11.1 Å². The summed E-state index contributed by atoms with van der Waals surface area (Å²) >= 11 is 6.91. The third-order valence-corrected chi connectivity index (χ3v) is 3.21. The molecule has 0 aliphatic rings. The van der Waals surface area contributed by atoms with Crippen molar-refractivity contribution in [1.82, 2.24) is 9.97 Å². The SMILES string of the molecule is Nc1nccc(Nc2c(Br)cccc2Br)n1. The molecule has 2 aromatic rings. The van der Waals surface area contributed by atoms with Gasteiger partial charge in [-0.05, 0) is 50.1 Å². The lowest BCUT2D eigenvalue weighted by atomic mass is 10.3. The molecule has 4 nitrogen and oxygen atoms in total. The van der Waals surface area contributed by atoms with E-state index in [0.29, 0.717) is 5.82 Å². The minimum atomic E-state index is 0.244. The van der Waals surface area contributed by atoms with E-state index in [9.17, 15) is 0 Å². The van der Waals surface area contributed by atoms with E-state index < -0.39 is 0 Å². The lowest BCUT2D eigenvalue weighted by Crippen LogP contribution is -1.99. The molecule has 6 heteroatoms. The van der Waals surface area contributed by atoms with Crippen molar-refractivity contribution >= 4 is 49.3 Å². The molecule has 0 saturated carbocycles. The molecular weight excluding hydrogens is 336 g/mol. The highest BCUT2D eigenvalue weighted by Gasteiger charge is 2.05. The van der Waals surface area contributed by atoms with Gasteiger partial charge in [-0.15, -0.1) is 0 Å². The summed E-state index contributed by atoms with van der Waals surface area (Å²) in [6.45, 7) is 0. The van der Waals surface area contributed by atoms with Crippen LogP contribution in [0, 0.1) is 0 Å². The number of nitrogens with one attached hydrogen (secondary N) is 1. The first-order valence-electron chi connectivity index (χ1n) is 4.46. The Morgan fingerprint density at radius 3 is 2.44 bits per heavy atom. The Balaban J connectivity index is 2.34. The summed E-state index contributed by atoms with van der Waals surface area (Å²) < 4.78 is 1.89. The van der Waals surface area contributed by atoms with Gasteiger partial charge in [0.2, 0.25) is 5.95 Å². The molecule has 16 heavy (non-hydrogen) atoms. The predicted molar refractivity (Wildman–Crippen MR) is 71.6 cm³/mol. The van der Waals surface area contributed by atoms with Gasteiger partial charge in [0, 0.05) is 15.1 Å². The second-order valence-corrected chi connectivity index (χ2v) is 4.73. The Bertz CT molecular complexity index is 496. The first-order chi connectivity index (χ1) is 7.66.